The molecule has 0 saturated carbocycles. The summed E-state index contributed by atoms with van der Waals surface area (Å²) in [6, 6.07) is 8.23. The van der Waals surface area contributed by atoms with Crippen LogP contribution in [0.5, 0.6) is 5.75 Å². The third-order valence-corrected chi connectivity index (χ3v) is 4.18. The zero-order valence-electron chi connectivity index (χ0n) is 12.8. The summed E-state index contributed by atoms with van der Waals surface area (Å²) >= 11 is 0. The van der Waals surface area contributed by atoms with E-state index in [1.807, 2.05) is 12.1 Å². The van der Waals surface area contributed by atoms with Gasteiger partial charge in [0, 0.05) is 37.9 Å². The Balaban J connectivity index is 2.08. The Labute approximate surface area is 122 Å². The van der Waals surface area contributed by atoms with Gasteiger partial charge in [-0.2, -0.15) is 0 Å². The molecule has 0 amide bonds. The standard InChI is InChI=1S/C16H26N2O2/c1-18(14-5-4-6-15(11-14)20-3)12-16(13-19-2)7-9-17-10-8-16/h4-6,11,17H,7-10,12-13H2,1-3H3. The average molecular weight is 278 g/mol. The maximum Gasteiger partial charge on any atom is 0.120 e. The van der Waals surface area contributed by atoms with Crippen molar-refractivity contribution in [3.05, 3.63) is 24.3 Å². The highest BCUT2D eigenvalue weighted by Crippen LogP contribution is 2.32. The summed E-state index contributed by atoms with van der Waals surface area (Å²) in [5, 5.41) is 3.44. The smallest absolute Gasteiger partial charge is 0.120 e. The molecule has 112 valence electrons. The molecule has 1 aliphatic rings. The Bertz CT molecular complexity index is 411. The zero-order valence-corrected chi connectivity index (χ0v) is 12.8. The number of piperidine rings is 1. The van der Waals surface area contributed by atoms with Gasteiger partial charge in [0.1, 0.15) is 5.75 Å². The van der Waals surface area contributed by atoms with Gasteiger partial charge in [-0.25, -0.2) is 0 Å². The number of methoxy groups -OCH3 is 2. The van der Waals surface area contributed by atoms with Crippen molar-refractivity contribution in [1.82, 2.24) is 5.32 Å². The Morgan fingerprint density at radius 2 is 2.00 bits per heavy atom. The number of hydrogen-bond acceptors (Lipinski definition) is 4. The van der Waals surface area contributed by atoms with E-state index >= 15 is 0 Å². The number of nitrogens with zero attached hydrogens (tertiary/aromatic N) is 1. The molecule has 1 aromatic carbocycles. The normalized spacial score (nSPS) is 17.8. The summed E-state index contributed by atoms with van der Waals surface area (Å²) in [5.41, 5.74) is 1.44. The third-order valence-electron chi connectivity index (χ3n) is 4.18. The van der Waals surface area contributed by atoms with Gasteiger partial charge in [0.15, 0.2) is 0 Å². The molecular formula is C16H26N2O2. The highest BCUT2D eigenvalue weighted by atomic mass is 16.5. The van der Waals surface area contributed by atoms with Crippen molar-refractivity contribution in [1.29, 1.82) is 0 Å². The fourth-order valence-corrected chi connectivity index (χ4v) is 3.05. The molecule has 1 heterocycles. The molecule has 1 N–H and O–H groups in total. The number of rotatable bonds is 6. The summed E-state index contributed by atoms with van der Waals surface area (Å²) < 4.78 is 10.8. The summed E-state index contributed by atoms with van der Waals surface area (Å²) in [6.45, 7) is 3.99. The topological polar surface area (TPSA) is 33.7 Å². The van der Waals surface area contributed by atoms with Crippen molar-refractivity contribution in [3.8, 4) is 5.75 Å². The molecule has 1 fully saturated rings. The lowest BCUT2D eigenvalue weighted by Crippen LogP contribution is -2.46. The van der Waals surface area contributed by atoms with E-state index in [0.29, 0.717) is 0 Å². The second-order valence-corrected chi connectivity index (χ2v) is 5.74. The monoisotopic (exact) mass is 278 g/mol. The van der Waals surface area contributed by atoms with Crippen LogP contribution in [0.3, 0.4) is 0 Å². The first kappa shape index (κ1) is 15.1. The first-order valence-electron chi connectivity index (χ1n) is 7.24. The van der Waals surface area contributed by atoms with E-state index in [4.69, 9.17) is 9.47 Å². The highest BCUT2D eigenvalue weighted by molar-refractivity contribution is 5.50. The van der Waals surface area contributed by atoms with Crippen LogP contribution < -0.4 is 15.0 Å². The summed E-state index contributed by atoms with van der Waals surface area (Å²) in [4.78, 5) is 2.31. The number of hydrogen-bond donors (Lipinski definition) is 1. The van der Waals surface area contributed by atoms with Crippen molar-refractivity contribution >= 4 is 5.69 Å². The SMILES string of the molecule is COCC1(CN(C)c2cccc(OC)c2)CCNCC1. The van der Waals surface area contributed by atoms with E-state index in [1.165, 1.54) is 5.69 Å². The Morgan fingerprint density at radius 1 is 1.25 bits per heavy atom. The predicted octanol–water partition coefficient (Wildman–Crippen LogP) is 2.15. The molecular weight excluding hydrogens is 252 g/mol. The lowest BCUT2D eigenvalue weighted by atomic mass is 9.79. The summed E-state index contributed by atoms with van der Waals surface area (Å²) in [6.07, 6.45) is 2.32. The minimum Gasteiger partial charge on any atom is -0.497 e. The molecule has 20 heavy (non-hydrogen) atoms. The molecule has 0 aliphatic carbocycles. The second-order valence-electron chi connectivity index (χ2n) is 5.74. The van der Waals surface area contributed by atoms with Crippen LogP contribution in [0.25, 0.3) is 0 Å². The number of nitrogens with one attached hydrogen (secondary N) is 1. The fraction of sp³-hybridized carbons (Fsp3) is 0.625. The molecule has 1 aromatic rings. The maximum absolute atomic E-state index is 5.49. The van der Waals surface area contributed by atoms with E-state index in [9.17, 15) is 0 Å². The molecule has 4 nitrogen and oxygen atoms in total. The minimum atomic E-state index is 0.248. The van der Waals surface area contributed by atoms with Crippen LogP contribution in [0.4, 0.5) is 5.69 Å². The van der Waals surface area contributed by atoms with E-state index in [1.54, 1.807) is 14.2 Å². The van der Waals surface area contributed by atoms with Crippen molar-refractivity contribution in [2.75, 3.05) is 52.4 Å². The van der Waals surface area contributed by atoms with Crippen LogP contribution in [0.1, 0.15) is 12.8 Å². The quantitative estimate of drug-likeness (QED) is 0.864. The zero-order chi connectivity index (χ0) is 14.4. The van der Waals surface area contributed by atoms with E-state index in [2.05, 4.69) is 29.4 Å². The molecule has 4 heteroatoms. The third kappa shape index (κ3) is 3.64. The molecule has 0 unspecified atom stereocenters. The van der Waals surface area contributed by atoms with Gasteiger partial charge in [0.05, 0.1) is 13.7 Å². The Morgan fingerprint density at radius 3 is 2.65 bits per heavy atom. The molecule has 0 bridgehead atoms. The summed E-state index contributed by atoms with van der Waals surface area (Å²) in [7, 11) is 5.65. The lowest BCUT2D eigenvalue weighted by molar-refractivity contribution is 0.0596. The largest absolute Gasteiger partial charge is 0.497 e. The number of anilines is 1. The molecule has 2 rings (SSSR count). The molecule has 0 atom stereocenters. The van der Waals surface area contributed by atoms with Crippen molar-refractivity contribution < 1.29 is 9.47 Å². The predicted molar refractivity (Wildman–Crippen MR) is 82.7 cm³/mol. The van der Waals surface area contributed by atoms with E-state index in [0.717, 1.165) is 44.8 Å². The van der Waals surface area contributed by atoms with Gasteiger partial charge in [-0.15, -0.1) is 0 Å². The Kier molecular flexibility index (Phi) is 5.26. The van der Waals surface area contributed by atoms with Gasteiger partial charge in [-0.1, -0.05) is 6.07 Å². The van der Waals surface area contributed by atoms with Gasteiger partial charge >= 0.3 is 0 Å². The maximum atomic E-state index is 5.49. The second kappa shape index (κ2) is 6.95. The highest BCUT2D eigenvalue weighted by Gasteiger charge is 2.33. The number of benzene rings is 1. The lowest BCUT2D eigenvalue weighted by Gasteiger charge is -2.40. The first-order valence-corrected chi connectivity index (χ1v) is 7.24. The van der Waals surface area contributed by atoms with E-state index in [-0.39, 0.29) is 5.41 Å². The van der Waals surface area contributed by atoms with Gasteiger partial charge in [-0.05, 0) is 38.1 Å². The van der Waals surface area contributed by atoms with Crippen LogP contribution in [0, 0.1) is 5.41 Å². The average Bonchev–Trinajstić information content (AvgIpc) is 2.48. The minimum absolute atomic E-state index is 0.248. The van der Waals surface area contributed by atoms with Gasteiger partial charge < -0.3 is 19.7 Å². The van der Waals surface area contributed by atoms with Crippen LogP contribution in [-0.4, -0.2) is 47.5 Å². The molecule has 1 saturated heterocycles. The fourth-order valence-electron chi connectivity index (χ4n) is 3.05. The molecule has 1 aliphatic heterocycles. The van der Waals surface area contributed by atoms with Gasteiger partial charge in [0.25, 0.3) is 0 Å². The molecule has 0 spiro atoms. The summed E-state index contributed by atoms with van der Waals surface area (Å²) in [5.74, 6) is 0.903. The molecule has 0 radical (unpaired) electrons. The molecule has 0 aromatic heterocycles. The van der Waals surface area contributed by atoms with E-state index < -0.39 is 0 Å². The first-order chi connectivity index (χ1) is 9.69. The number of ether oxygens (including phenoxy) is 2. The van der Waals surface area contributed by atoms with Crippen molar-refractivity contribution in [2.45, 2.75) is 12.8 Å². The van der Waals surface area contributed by atoms with Crippen molar-refractivity contribution in [3.63, 3.8) is 0 Å². The Hall–Kier alpha value is -1.26. The van der Waals surface area contributed by atoms with Crippen LogP contribution in [0.2, 0.25) is 0 Å². The van der Waals surface area contributed by atoms with Crippen LogP contribution in [-0.2, 0) is 4.74 Å². The van der Waals surface area contributed by atoms with Crippen LogP contribution >= 0.6 is 0 Å². The van der Waals surface area contributed by atoms with Crippen molar-refractivity contribution in [2.24, 2.45) is 5.41 Å². The van der Waals surface area contributed by atoms with Gasteiger partial charge in [0.2, 0.25) is 0 Å². The van der Waals surface area contributed by atoms with Crippen LogP contribution in [0.15, 0.2) is 24.3 Å². The van der Waals surface area contributed by atoms with Gasteiger partial charge in [-0.3, -0.25) is 0 Å².